The molecule has 0 unspecified atom stereocenters. The van der Waals surface area contributed by atoms with Crippen LogP contribution in [0.2, 0.25) is 0 Å². The highest BCUT2D eigenvalue weighted by molar-refractivity contribution is 5.87. The van der Waals surface area contributed by atoms with Gasteiger partial charge >= 0.3 is 0 Å². The summed E-state index contributed by atoms with van der Waals surface area (Å²) < 4.78 is 5.43. The number of nitrogens with one attached hydrogen (secondary N) is 2. The van der Waals surface area contributed by atoms with Crippen molar-refractivity contribution in [2.45, 2.75) is 25.3 Å². The van der Waals surface area contributed by atoms with Gasteiger partial charge in [0.25, 0.3) is 0 Å². The first-order valence-electron chi connectivity index (χ1n) is 11.2. The molecular formula is C25H27N7O. The number of hydrogen-bond acceptors (Lipinski definition) is 8. The molecule has 1 aromatic carbocycles. The maximum absolute atomic E-state index is 6.00. The van der Waals surface area contributed by atoms with Crippen molar-refractivity contribution >= 4 is 22.4 Å². The first kappa shape index (κ1) is 21.2. The van der Waals surface area contributed by atoms with Crippen LogP contribution in [-0.2, 0) is 6.54 Å². The van der Waals surface area contributed by atoms with Gasteiger partial charge < -0.3 is 21.1 Å². The number of piperidine rings is 1. The summed E-state index contributed by atoms with van der Waals surface area (Å²) >= 11 is 0. The van der Waals surface area contributed by atoms with E-state index in [1.807, 2.05) is 12.1 Å². The van der Waals surface area contributed by atoms with E-state index in [2.05, 4.69) is 44.9 Å². The average molecular weight is 442 g/mol. The smallest absolute Gasteiger partial charge is 0.160 e. The summed E-state index contributed by atoms with van der Waals surface area (Å²) in [5.74, 6) is 2.52. The molecule has 0 atom stereocenters. The van der Waals surface area contributed by atoms with Gasteiger partial charge in [0.05, 0.1) is 36.1 Å². The third-order valence-electron chi connectivity index (χ3n) is 6.05. The number of benzene rings is 1. The van der Waals surface area contributed by atoms with Crippen molar-refractivity contribution in [2.24, 2.45) is 5.73 Å². The molecule has 1 aliphatic rings. The van der Waals surface area contributed by atoms with Crippen LogP contribution < -0.4 is 21.1 Å². The molecule has 0 spiro atoms. The van der Waals surface area contributed by atoms with E-state index in [-0.39, 0.29) is 6.54 Å². The maximum atomic E-state index is 6.00. The molecule has 4 N–H and O–H groups in total. The Morgan fingerprint density at radius 3 is 2.82 bits per heavy atom. The van der Waals surface area contributed by atoms with Gasteiger partial charge in [0.15, 0.2) is 5.82 Å². The minimum Gasteiger partial charge on any atom is -0.494 e. The summed E-state index contributed by atoms with van der Waals surface area (Å²) in [4.78, 5) is 18.2. The highest BCUT2D eigenvalue weighted by atomic mass is 16.5. The number of methoxy groups -OCH3 is 1. The Balaban J connectivity index is 1.45. The summed E-state index contributed by atoms with van der Waals surface area (Å²) in [7, 11) is 1.60. The van der Waals surface area contributed by atoms with Crippen LogP contribution in [0.15, 0.2) is 55.0 Å². The Morgan fingerprint density at radius 2 is 2.00 bits per heavy atom. The number of aromatic nitrogens is 4. The van der Waals surface area contributed by atoms with Crippen molar-refractivity contribution in [3.05, 3.63) is 66.2 Å². The lowest BCUT2D eigenvalue weighted by Gasteiger charge is -2.23. The molecule has 0 aliphatic carbocycles. The highest BCUT2D eigenvalue weighted by Gasteiger charge is 2.16. The van der Waals surface area contributed by atoms with Gasteiger partial charge in [0.1, 0.15) is 11.6 Å². The molecule has 0 saturated carbocycles. The quantitative estimate of drug-likeness (QED) is 0.415. The van der Waals surface area contributed by atoms with Gasteiger partial charge in [-0.15, -0.1) is 0 Å². The van der Waals surface area contributed by atoms with Crippen LogP contribution in [0.25, 0.3) is 22.3 Å². The molecule has 0 radical (unpaired) electrons. The fourth-order valence-corrected chi connectivity index (χ4v) is 4.37. The minimum absolute atomic E-state index is 0.270. The van der Waals surface area contributed by atoms with Gasteiger partial charge in [-0.1, -0.05) is 12.1 Å². The standard InChI is InChI=1S/C25H27N7O/c1-33-22-15-28-14-21-24(22)20(13-26)31-25(32-21)18-7-10-29-23(12-18)30-19-4-2-3-17(11-19)16-5-8-27-9-6-16/h2-4,7,10-12,14-16,27H,5-6,8-9,13,26H2,1H3,(H,29,30). The van der Waals surface area contributed by atoms with Gasteiger partial charge in [-0.25, -0.2) is 15.0 Å². The van der Waals surface area contributed by atoms with E-state index in [0.717, 1.165) is 41.2 Å². The first-order chi connectivity index (χ1) is 16.2. The second kappa shape index (κ2) is 9.48. The van der Waals surface area contributed by atoms with Gasteiger partial charge in [-0.05, 0) is 61.7 Å². The third kappa shape index (κ3) is 4.48. The number of rotatable bonds is 6. The Morgan fingerprint density at radius 1 is 1.12 bits per heavy atom. The summed E-state index contributed by atoms with van der Waals surface area (Å²) in [6, 6.07) is 12.4. The van der Waals surface area contributed by atoms with E-state index in [0.29, 0.717) is 23.0 Å². The topological polar surface area (TPSA) is 111 Å². The van der Waals surface area contributed by atoms with E-state index in [9.17, 15) is 0 Å². The molecule has 3 aromatic heterocycles. The molecule has 5 rings (SSSR count). The number of fused-ring (bicyclic) bond motifs is 1. The van der Waals surface area contributed by atoms with Crippen LogP contribution in [0.1, 0.15) is 30.0 Å². The van der Waals surface area contributed by atoms with Crippen LogP contribution in [0.3, 0.4) is 0 Å². The largest absolute Gasteiger partial charge is 0.494 e. The monoisotopic (exact) mass is 441 g/mol. The Kier molecular flexibility index (Phi) is 6.10. The molecule has 1 saturated heterocycles. The molecule has 1 fully saturated rings. The SMILES string of the molecule is COc1cncc2nc(-c3ccnc(Nc4cccc(C5CCNCC5)c4)c3)nc(CN)c12. The first-order valence-corrected chi connectivity index (χ1v) is 11.2. The highest BCUT2D eigenvalue weighted by Crippen LogP contribution is 2.30. The zero-order chi connectivity index (χ0) is 22.6. The molecule has 1 aliphatic heterocycles. The summed E-state index contributed by atoms with van der Waals surface area (Å²) in [5, 5.41) is 7.66. The lowest BCUT2D eigenvalue weighted by atomic mass is 9.90. The fourth-order valence-electron chi connectivity index (χ4n) is 4.37. The normalized spacial score (nSPS) is 14.4. The molecule has 4 aromatic rings. The molecular weight excluding hydrogens is 414 g/mol. The zero-order valence-electron chi connectivity index (χ0n) is 18.6. The Labute approximate surface area is 192 Å². The summed E-state index contributed by atoms with van der Waals surface area (Å²) in [6.45, 7) is 2.42. The lowest BCUT2D eigenvalue weighted by Crippen LogP contribution is -2.26. The summed E-state index contributed by atoms with van der Waals surface area (Å²) in [5.41, 5.74) is 10.6. The molecule has 8 nitrogen and oxygen atoms in total. The van der Waals surface area contributed by atoms with Crippen molar-refractivity contribution < 1.29 is 4.74 Å². The number of anilines is 2. The van der Waals surface area contributed by atoms with Crippen LogP contribution in [0.4, 0.5) is 11.5 Å². The van der Waals surface area contributed by atoms with Gasteiger partial charge in [-0.3, -0.25) is 4.98 Å². The van der Waals surface area contributed by atoms with Crippen molar-refractivity contribution in [3.8, 4) is 17.1 Å². The van der Waals surface area contributed by atoms with Crippen molar-refractivity contribution in [1.82, 2.24) is 25.3 Å². The van der Waals surface area contributed by atoms with Crippen molar-refractivity contribution in [2.75, 3.05) is 25.5 Å². The van der Waals surface area contributed by atoms with Crippen LogP contribution >= 0.6 is 0 Å². The van der Waals surface area contributed by atoms with E-state index in [1.165, 1.54) is 18.4 Å². The van der Waals surface area contributed by atoms with Crippen LogP contribution in [0.5, 0.6) is 5.75 Å². The van der Waals surface area contributed by atoms with Crippen LogP contribution in [0, 0.1) is 0 Å². The predicted molar refractivity (Wildman–Crippen MR) is 130 cm³/mol. The second-order valence-corrected chi connectivity index (χ2v) is 8.14. The van der Waals surface area contributed by atoms with E-state index in [4.69, 9.17) is 20.4 Å². The van der Waals surface area contributed by atoms with Crippen LogP contribution in [-0.4, -0.2) is 40.1 Å². The predicted octanol–water partition coefficient (Wildman–Crippen LogP) is 3.76. The van der Waals surface area contributed by atoms with Gasteiger partial charge in [0, 0.05) is 24.0 Å². The van der Waals surface area contributed by atoms with Crippen molar-refractivity contribution in [1.29, 1.82) is 0 Å². The maximum Gasteiger partial charge on any atom is 0.160 e. The lowest BCUT2D eigenvalue weighted by molar-refractivity contribution is 0.417. The average Bonchev–Trinajstić information content (AvgIpc) is 2.88. The Bertz CT molecular complexity index is 1270. The minimum atomic E-state index is 0.270. The van der Waals surface area contributed by atoms with Crippen molar-refractivity contribution in [3.63, 3.8) is 0 Å². The molecule has 0 bridgehead atoms. The molecule has 168 valence electrons. The fraction of sp³-hybridized carbons (Fsp3) is 0.280. The molecule has 4 heterocycles. The van der Waals surface area contributed by atoms with Gasteiger partial charge in [0.2, 0.25) is 0 Å². The molecule has 0 amide bonds. The van der Waals surface area contributed by atoms with Gasteiger partial charge in [-0.2, -0.15) is 0 Å². The van der Waals surface area contributed by atoms with E-state index >= 15 is 0 Å². The summed E-state index contributed by atoms with van der Waals surface area (Å²) in [6.07, 6.45) is 7.44. The number of hydrogen-bond donors (Lipinski definition) is 3. The molecule has 8 heteroatoms. The molecule has 33 heavy (non-hydrogen) atoms. The number of pyridine rings is 2. The Hall–Kier alpha value is -3.62. The van der Waals surface area contributed by atoms with E-state index < -0.39 is 0 Å². The third-order valence-corrected chi connectivity index (χ3v) is 6.05. The number of nitrogens with zero attached hydrogens (tertiary/aromatic N) is 4. The zero-order valence-corrected chi connectivity index (χ0v) is 18.6. The second-order valence-electron chi connectivity index (χ2n) is 8.14. The van der Waals surface area contributed by atoms with E-state index in [1.54, 1.807) is 25.7 Å². The number of ether oxygens (including phenoxy) is 1. The number of nitrogens with two attached hydrogens (primary N) is 1.